The number of alkyl halides is 1. The van der Waals surface area contributed by atoms with Gasteiger partial charge in [-0.05, 0) is 16.0 Å². The second-order valence-electron chi connectivity index (χ2n) is 1.92. The monoisotopic (exact) mass is 264 g/mol. The van der Waals surface area contributed by atoms with Gasteiger partial charge in [-0.2, -0.15) is 0 Å². The van der Waals surface area contributed by atoms with Crippen LogP contribution >= 0.6 is 22.6 Å². The number of rotatable bonds is 2. The van der Waals surface area contributed by atoms with Crippen molar-refractivity contribution in [2.45, 2.75) is 4.43 Å². The summed E-state index contributed by atoms with van der Waals surface area (Å²) < 4.78 is 0.822. The Morgan fingerprint density at radius 1 is 1.64 bits per heavy atom. The Morgan fingerprint density at radius 2 is 2.36 bits per heavy atom. The van der Waals surface area contributed by atoms with Crippen LogP contribution in [0, 0.1) is 10.1 Å². The Morgan fingerprint density at radius 3 is 2.73 bits per heavy atom. The molecule has 1 aromatic rings. The zero-order valence-corrected chi connectivity index (χ0v) is 7.69. The van der Waals surface area contributed by atoms with Crippen LogP contribution in [-0.2, 0) is 4.43 Å². The van der Waals surface area contributed by atoms with Crippen LogP contribution < -0.4 is 0 Å². The van der Waals surface area contributed by atoms with Crippen LogP contribution in [0.1, 0.15) is 5.56 Å². The molecular weight excluding hydrogens is 259 g/mol. The fourth-order valence-electron chi connectivity index (χ4n) is 0.604. The molecule has 0 amide bonds. The van der Waals surface area contributed by atoms with Crippen molar-refractivity contribution in [2.24, 2.45) is 0 Å². The summed E-state index contributed by atoms with van der Waals surface area (Å²) >= 11 is 2.17. The molecule has 4 nitrogen and oxygen atoms in total. The Bertz CT molecular complexity index is 260. The minimum absolute atomic E-state index is 0.0985. The summed E-state index contributed by atoms with van der Waals surface area (Å²) in [6, 6.07) is 3.12. The number of hydrogen-bond donors (Lipinski definition) is 0. The highest BCUT2D eigenvalue weighted by Crippen LogP contribution is 2.09. The molecule has 0 aliphatic carbocycles. The largest absolute Gasteiger partial charge is 0.363 e. The lowest BCUT2D eigenvalue weighted by Crippen LogP contribution is -1.91. The number of halogens is 1. The van der Waals surface area contributed by atoms with Crippen LogP contribution in [0.2, 0.25) is 0 Å². The fourth-order valence-corrected chi connectivity index (χ4v) is 1.05. The summed E-state index contributed by atoms with van der Waals surface area (Å²) in [6.45, 7) is 0. The standard InChI is InChI=1S/C6H5IN2O2/c7-3-5-1-2-6(8-4-5)9(10)11/h1-2,4H,3H2. The van der Waals surface area contributed by atoms with Crippen molar-refractivity contribution in [3.8, 4) is 0 Å². The molecule has 0 aliphatic heterocycles. The first-order chi connectivity index (χ1) is 5.24. The topological polar surface area (TPSA) is 56.0 Å². The van der Waals surface area contributed by atoms with Gasteiger partial charge in [0, 0.05) is 16.1 Å². The lowest BCUT2D eigenvalue weighted by Gasteiger charge is -1.91. The zero-order chi connectivity index (χ0) is 8.27. The van der Waals surface area contributed by atoms with E-state index in [2.05, 4.69) is 27.6 Å². The van der Waals surface area contributed by atoms with E-state index in [1.54, 1.807) is 6.07 Å². The van der Waals surface area contributed by atoms with Gasteiger partial charge in [-0.25, -0.2) is 0 Å². The summed E-state index contributed by atoms with van der Waals surface area (Å²) in [5.74, 6) is -0.0985. The molecule has 0 radical (unpaired) electrons. The smallest absolute Gasteiger partial charge is 0.358 e. The molecule has 1 aromatic heterocycles. The first-order valence-electron chi connectivity index (χ1n) is 2.89. The van der Waals surface area contributed by atoms with Gasteiger partial charge in [-0.15, -0.1) is 0 Å². The Labute approximate surface area is 76.9 Å². The van der Waals surface area contributed by atoms with Crippen LogP contribution in [0.5, 0.6) is 0 Å². The van der Waals surface area contributed by atoms with Gasteiger partial charge in [-0.1, -0.05) is 22.6 Å². The van der Waals surface area contributed by atoms with E-state index in [-0.39, 0.29) is 5.82 Å². The van der Waals surface area contributed by atoms with E-state index in [0.29, 0.717) is 0 Å². The lowest BCUT2D eigenvalue weighted by molar-refractivity contribution is -0.389. The van der Waals surface area contributed by atoms with Crippen molar-refractivity contribution in [1.82, 2.24) is 4.98 Å². The summed E-state index contributed by atoms with van der Waals surface area (Å²) in [5, 5.41) is 10.1. The molecule has 1 heterocycles. The molecule has 58 valence electrons. The third-order valence-electron chi connectivity index (χ3n) is 1.15. The molecule has 0 saturated carbocycles. The molecule has 11 heavy (non-hydrogen) atoms. The van der Waals surface area contributed by atoms with Crippen molar-refractivity contribution in [3.63, 3.8) is 0 Å². The van der Waals surface area contributed by atoms with E-state index >= 15 is 0 Å². The van der Waals surface area contributed by atoms with Gasteiger partial charge in [0.2, 0.25) is 0 Å². The SMILES string of the molecule is O=[N+]([O-])c1ccc(CI)cn1. The third-order valence-corrected chi connectivity index (χ3v) is 2.03. The second kappa shape index (κ2) is 3.61. The highest BCUT2D eigenvalue weighted by atomic mass is 127. The number of nitrogens with zero attached hydrogens (tertiary/aromatic N) is 2. The maximum absolute atomic E-state index is 10.1. The number of aromatic nitrogens is 1. The molecule has 0 spiro atoms. The Kier molecular flexibility index (Phi) is 2.75. The Hall–Kier alpha value is -0.720. The third kappa shape index (κ3) is 2.11. The predicted molar refractivity (Wildman–Crippen MR) is 48.6 cm³/mol. The highest BCUT2D eigenvalue weighted by molar-refractivity contribution is 14.1. The molecule has 1 rings (SSSR count). The molecule has 0 aromatic carbocycles. The predicted octanol–water partition coefficient (Wildman–Crippen LogP) is 1.92. The van der Waals surface area contributed by atoms with Crippen LogP contribution in [0.15, 0.2) is 18.3 Å². The maximum Gasteiger partial charge on any atom is 0.363 e. The van der Waals surface area contributed by atoms with Gasteiger partial charge in [0.1, 0.15) is 6.20 Å². The van der Waals surface area contributed by atoms with Crippen LogP contribution in [0.25, 0.3) is 0 Å². The number of hydrogen-bond acceptors (Lipinski definition) is 3. The summed E-state index contributed by atoms with van der Waals surface area (Å²) in [4.78, 5) is 13.3. The van der Waals surface area contributed by atoms with E-state index in [4.69, 9.17) is 0 Å². The molecule has 0 atom stereocenters. The van der Waals surface area contributed by atoms with Gasteiger partial charge in [0.15, 0.2) is 0 Å². The lowest BCUT2D eigenvalue weighted by atomic mass is 10.3. The summed E-state index contributed by atoms with van der Waals surface area (Å²) in [7, 11) is 0. The summed E-state index contributed by atoms with van der Waals surface area (Å²) in [5.41, 5.74) is 0.996. The minimum Gasteiger partial charge on any atom is -0.358 e. The molecule has 0 bridgehead atoms. The average Bonchev–Trinajstić information content (AvgIpc) is 2.05. The van der Waals surface area contributed by atoms with Crippen LogP contribution in [0.4, 0.5) is 5.82 Å². The van der Waals surface area contributed by atoms with Gasteiger partial charge in [0.25, 0.3) is 0 Å². The van der Waals surface area contributed by atoms with Gasteiger partial charge in [0.05, 0.1) is 0 Å². The molecular formula is C6H5IN2O2. The van der Waals surface area contributed by atoms with Gasteiger partial charge in [-0.3, -0.25) is 0 Å². The highest BCUT2D eigenvalue weighted by Gasteiger charge is 2.04. The average molecular weight is 264 g/mol. The van der Waals surface area contributed by atoms with Crippen molar-refractivity contribution in [3.05, 3.63) is 34.0 Å². The molecule has 0 unspecified atom stereocenters. The normalized spacial score (nSPS) is 9.55. The zero-order valence-electron chi connectivity index (χ0n) is 5.53. The molecule has 0 aliphatic rings. The van der Waals surface area contributed by atoms with Crippen molar-refractivity contribution >= 4 is 28.4 Å². The molecule has 0 N–H and O–H groups in total. The molecule has 5 heteroatoms. The van der Waals surface area contributed by atoms with Crippen molar-refractivity contribution in [2.75, 3.05) is 0 Å². The van der Waals surface area contributed by atoms with Crippen LogP contribution in [0.3, 0.4) is 0 Å². The minimum atomic E-state index is -0.503. The van der Waals surface area contributed by atoms with Crippen LogP contribution in [-0.4, -0.2) is 9.91 Å². The van der Waals surface area contributed by atoms with Crippen molar-refractivity contribution in [1.29, 1.82) is 0 Å². The van der Waals surface area contributed by atoms with E-state index in [9.17, 15) is 10.1 Å². The molecule has 0 fully saturated rings. The van der Waals surface area contributed by atoms with E-state index in [1.165, 1.54) is 12.3 Å². The van der Waals surface area contributed by atoms with Crippen molar-refractivity contribution < 1.29 is 4.92 Å². The number of pyridine rings is 1. The molecule has 0 saturated heterocycles. The van der Waals surface area contributed by atoms with E-state index < -0.39 is 4.92 Å². The fraction of sp³-hybridized carbons (Fsp3) is 0.167. The maximum atomic E-state index is 10.1. The first kappa shape index (κ1) is 8.38. The van der Waals surface area contributed by atoms with Gasteiger partial charge < -0.3 is 10.1 Å². The van der Waals surface area contributed by atoms with E-state index in [1.807, 2.05) is 0 Å². The first-order valence-corrected chi connectivity index (χ1v) is 4.42. The second-order valence-corrected chi connectivity index (χ2v) is 2.68. The van der Waals surface area contributed by atoms with E-state index in [0.717, 1.165) is 9.99 Å². The Balaban J connectivity index is 2.91. The number of nitro groups is 1. The summed E-state index contributed by atoms with van der Waals surface area (Å²) in [6.07, 6.45) is 1.52. The van der Waals surface area contributed by atoms with Gasteiger partial charge >= 0.3 is 5.82 Å². The quantitative estimate of drug-likeness (QED) is 0.355.